The van der Waals surface area contributed by atoms with Crippen LogP contribution in [0.25, 0.3) is 0 Å². The molecule has 0 bridgehead atoms. The van der Waals surface area contributed by atoms with Gasteiger partial charge in [-0.25, -0.2) is 0 Å². The summed E-state index contributed by atoms with van der Waals surface area (Å²) < 4.78 is 5.15. The highest BCUT2D eigenvalue weighted by Crippen LogP contribution is 1.86. The zero-order valence-corrected chi connectivity index (χ0v) is 6.00. The van der Waals surface area contributed by atoms with Crippen molar-refractivity contribution in [3.05, 3.63) is 12.2 Å². The summed E-state index contributed by atoms with van der Waals surface area (Å²) in [4.78, 5) is 0. The van der Waals surface area contributed by atoms with Crippen molar-refractivity contribution in [2.75, 3.05) is 13.2 Å². The summed E-state index contributed by atoms with van der Waals surface area (Å²) in [7, 11) is 0. The molecule has 0 amide bonds. The number of aliphatic hydroxyl groups is 1. The minimum absolute atomic E-state index is 0.0987. The Balaban J connectivity index is 2.99. The molecule has 0 rings (SSSR count). The van der Waals surface area contributed by atoms with Crippen LogP contribution in [0.1, 0.15) is 13.8 Å². The van der Waals surface area contributed by atoms with Crippen LogP contribution in [0.15, 0.2) is 12.2 Å². The average molecular weight is 130 g/mol. The largest absolute Gasteiger partial charge is 0.392 e. The predicted octanol–water partition coefficient (Wildman–Crippen LogP) is 0.960. The smallest absolute Gasteiger partial charge is 0.0651 e. The maximum absolute atomic E-state index is 8.29. The van der Waals surface area contributed by atoms with Crippen molar-refractivity contribution in [1.82, 2.24) is 0 Å². The van der Waals surface area contributed by atoms with Crippen molar-refractivity contribution < 1.29 is 9.84 Å². The van der Waals surface area contributed by atoms with E-state index >= 15 is 0 Å². The molecule has 0 aliphatic carbocycles. The van der Waals surface area contributed by atoms with E-state index < -0.39 is 0 Å². The highest BCUT2D eigenvalue weighted by Gasteiger charge is 1.86. The van der Waals surface area contributed by atoms with E-state index in [1.807, 2.05) is 13.8 Å². The molecule has 2 nitrogen and oxygen atoms in total. The minimum Gasteiger partial charge on any atom is -0.392 e. The molecule has 0 aliphatic rings. The summed E-state index contributed by atoms with van der Waals surface area (Å²) in [5.41, 5.74) is 0. The number of hydrogen-bond acceptors (Lipinski definition) is 2. The lowest BCUT2D eigenvalue weighted by atomic mass is 10.5. The molecule has 0 radical (unpaired) electrons. The first-order chi connectivity index (χ1) is 4.27. The van der Waals surface area contributed by atoms with Crippen LogP contribution in [-0.2, 0) is 4.74 Å². The molecule has 0 aromatic heterocycles. The zero-order valence-electron chi connectivity index (χ0n) is 6.00. The van der Waals surface area contributed by atoms with Gasteiger partial charge in [0.05, 0.1) is 19.3 Å². The molecule has 0 aromatic carbocycles. The van der Waals surface area contributed by atoms with Gasteiger partial charge in [0.1, 0.15) is 0 Å². The highest BCUT2D eigenvalue weighted by atomic mass is 16.5. The van der Waals surface area contributed by atoms with Crippen molar-refractivity contribution in [3.63, 3.8) is 0 Å². The van der Waals surface area contributed by atoms with Gasteiger partial charge in [-0.05, 0) is 13.8 Å². The van der Waals surface area contributed by atoms with Gasteiger partial charge >= 0.3 is 0 Å². The van der Waals surface area contributed by atoms with E-state index in [2.05, 4.69) is 0 Å². The van der Waals surface area contributed by atoms with Gasteiger partial charge in [0.25, 0.3) is 0 Å². The van der Waals surface area contributed by atoms with Gasteiger partial charge in [0, 0.05) is 0 Å². The monoisotopic (exact) mass is 130 g/mol. The molecular weight excluding hydrogens is 116 g/mol. The van der Waals surface area contributed by atoms with Crippen LogP contribution in [0.2, 0.25) is 0 Å². The molecule has 0 atom stereocenters. The van der Waals surface area contributed by atoms with Crippen molar-refractivity contribution >= 4 is 0 Å². The standard InChI is InChI=1S/C7H14O2/c1-7(2)9-6-4-3-5-8/h3-4,7-8H,5-6H2,1-2H3/b4-3+. The molecule has 0 heterocycles. The number of aliphatic hydroxyl groups excluding tert-OH is 1. The lowest BCUT2D eigenvalue weighted by molar-refractivity contribution is 0.102. The summed E-state index contributed by atoms with van der Waals surface area (Å²) in [6.07, 6.45) is 3.75. The third-order valence-electron chi connectivity index (χ3n) is 0.798. The van der Waals surface area contributed by atoms with Crippen LogP contribution >= 0.6 is 0 Å². The second-order valence-electron chi connectivity index (χ2n) is 2.04. The number of rotatable bonds is 4. The van der Waals surface area contributed by atoms with Gasteiger partial charge in [-0.2, -0.15) is 0 Å². The molecule has 0 saturated heterocycles. The zero-order chi connectivity index (χ0) is 7.11. The van der Waals surface area contributed by atoms with E-state index in [0.29, 0.717) is 6.61 Å². The van der Waals surface area contributed by atoms with E-state index in [9.17, 15) is 0 Å². The Hall–Kier alpha value is -0.340. The Morgan fingerprint density at radius 1 is 1.44 bits per heavy atom. The van der Waals surface area contributed by atoms with E-state index in [4.69, 9.17) is 9.84 Å². The summed E-state index contributed by atoms with van der Waals surface area (Å²) in [5, 5.41) is 8.29. The van der Waals surface area contributed by atoms with E-state index in [-0.39, 0.29) is 12.7 Å². The first kappa shape index (κ1) is 8.66. The Morgan fingerprint density at radius 3 is 2.56 bits per heavy atom. The van der Waals surface area contributed by atoms with E-state index in [1.165, 1.54) is 0 Å². The van der Waals surface area contributed by atoms with Crippen molar-refractivity contribution in [3.8, 4) is 0 Å². The van der Waals surface area contributed by atoms with Crippen LogP contribution in [0.5, 0.6) is 0 Å². The fraction of sp³-hybridized carbons (Fsp3) is 0.714. The average Bonchev–Trinajstić information content (AvgIpc) is 1.80. The third kappa shape index (κ3) is 7.66. The Morgan fingerprint density at radius 2 is 2.11 bits per heavy atom. The lowest BCUT2D eigenvalue weighted by Gasteiger charge is -2.01. The lowest BCUT2D eigenvalue weighted by Crippen LogP contribution is -2.01. The summed E-state index contributed by atoms with van der Waals surface area (Å²) in [6, 6.07) is 0. The topological polar surface area (TPSA) is 29.5 Å². The summed E-state index contributed by atoms with van der Waals surface area (Å²) in [6.45, 7) is 4.65. The molecule has 0 saturated carbocycles. The van der Waals surface area contributed by atoms with Crippen LogP contribution in [0, 0.1) is 0 Å². The van der Waals surface area contributed by atoms with Gasteiger partial charge in [-0.15, -0.1) is 0 Å². The molecule has 2 heteroatoms. The molecule has 0 fully saturated rings. The Bertz CT molecular complexity index is 77.0. The maximum atomic E-state index is 8.29. The SMILES string of the molecule is CC(C)OC/C=C/CO. The first-order valence-corrected chi connectivity index (χ1v) is 3.15. The quantitative estimate of drug-likeness (QED) is 0.574. The normalized spacial score (nSPS) is 11.6. The van der Waals surface area contributed by atoms with E-state index in [1.54, 1.807) is 12.2 Å². The fourth-order valence-electron chi connectivity index (χ4n) is 0.391. The van der Waals surface area contributed by atoms with Crippen molar-refractivity contribution in [2.24, 2.45) is 0 Å². The summed E-state index contributed by atoms with van der Waals surface area (Å²) in [5.74, 6) is 0. The maximum Gasteiger partial charge on any atom is 0.0651 e. The number of hydrogen-bond donors (Lipinski definition) is 1. The minimum atomic E-state index is 0.0987. The molecule has 9 heavy (non-hydrogen) atoms. The summed E-state index contributed by atoms with van der Waals surface area (Å²) >= 11 is 0. The van der Waals surface area contributed by atoms with Crippen molar-refractivity contribution in [2.45, 2.75) is 20.0 Å². The predicted molar refractivity (Wildman–Crippen MR) is 37.3 cm³/mol. The number of ether oxygens (including phenoxy) is 1. The van der Waals surface area contributed by atoms with Gasteiger partial charge in [0.2, 0.25) is 0 Å². The van der Waals surface area contributed by atoms with E-state index in [0.717, 1.165) is 0 Å². The molecule has 54 valence electrons. The second kappa shape index (κ2) is 5.79. The van der Waals surface area contributed by atoms with Gasteiger partial charge in [0.15, 0.2) is 0 Å². The molecule has 1 N–H and O–H groups in total. The molecular formula is C7H14O2. The van der Waals surface area contributed by atoms with Gasteiger partial charge in [-0.3, -0.25) is 0 Å². The van der Waals surface area contributed by atoms with Gasteiger partial charge in [-0.1, -0.05) is 12.2 Å². The van der Waals surface area contributed by atoms with Crippen LogP contribution in [0.4, 0.5) is 0 Å². The Kier molecular flexibility index (Phi) is 5.57. The van der Waals surface area contributed by atoms with Gasteiger partial charge < -0.3 is 9.84 Å². The third-order valence-corrected chi connectivity index (χ3v) is 0.798. The molecule has 0 spiro atoms. The fourth-order valence-corrected chi connectivity index (χ4v) is 0.391. The van der Waals surface area contributed by atoms with Crippen LogP contribution in [-0.4, -0.2) is 24.4 Å². The molecule has 0 aliphatic heterocycles. The first-order valence-electron chi connectivity index (χ1n) is 3.15. The Labute approximate surface area is 56.1 Å². The highest BCUT2D eigenvalue weighted by molar-refractivity contribution is 4.80. The second-order valence-corrected chi connectivity index (χ2v) is 2.04. The molecule has 0 unspecified atom stereocenters. The van der Waals surface area contributed by atoms with Crippen LogP contribution < -0.4 is 0 Å². The molecule has 0 aromatic rings. The van der Waals surface area contributed by atoms with Crippen LogP contribution in [0.3, 0.4) is 0 Å². The van der Waals surface area contributed by atoms with Crippen molar-refractivity contribution in [1.29, 1.82) is 0 Å².